The predicted octanol–water partition coefficient (Wildman–Crippen LogP) is 4.59. The lowest BCUT2D eigenvalue weighted by Gasteiger charge is -2.27. The fourth-order valence-electron chi connectivity index (χ4n) is 4.58. The molecule has 0 unspecified atom stereocenters. The number of hydrogen-bond donors (Lipinski definition) is 1. The first-order valence-electron chi connectivity index (χ1n) is 11.3. The molecule has 0 aliphatic carbocycles. The zero-order valence-electron chi connectivity index (χ0n) is 18.9. The van der Waals surface area contributed by atoms with E-state index in [4.69, 9.17) is 9.78 Å². The van der Waals surface area contributed by atoms with Crippen LogP contribution in [0.15, 0.2) is 91.3 Å². The summed E-state index contributed by atoms with van der Waals surface area (Å²) in [5.74, 6) is -1.08. The zero-order chi connectivity index (χ0) is 24.6. The highest BCUT2D eigenvalue weighted by Gasteiger charge is 2.43. The lowest BCUT2D eigenvalue weighted by atomic mass is 9.97. The molecule has 6 rings (SSSR count). The average Bonchev–Trinajstić information content (AvgIpc) is 3.17. The van der Waals surface area contributed by atoms with Crippen LogP contribution in [0.1, 0.15) is 32.7 Å². The SMILES string of the molecule is O=C(Nc1cccc2cccnc12)[C@H](CC1=COOc2ccccc21)N1C(=O)c2ccccc2C1=O. The van der Waals surface area contributed by atoms with Crippen LogP contribution in [0.2, 0.25) is 0 Å². The Labute approximate surface area is 205 Å². The molecule has 0 fully saturated rings. The van der Waals surface area contributed by atoms with Crippen molar-refractivity contribution in [2.24, 2.45) is 0 Å². The van der Waals surface area contributed by atoms with Gasteiger partial charge in [-0.25, -0.2) is 0 Å². The van der Waals surface area contributed by atoms with Crippen LogP contribution in [0.4, 0.5) is 5.69 Å². The van der Waals surface area contributed by atoms with E-state index in [1.165, 1.54) is 6.26 Å². The van der Waals surface area contributed by atoms with Gasteiger partial charge in [0.05, 0.1) is 22.3 Å². The molecule has 2 aliphatic heterocycles. The van der Waals surface area contributed by atoms with Crippen molar-refractivity contribution in [3.8, 4) is 5.75 Å². The molecule has 36 heavy (non-hydrogen) atoms. The summed E-state index contributed by atoms with van der Waals surface area (Å²) >= 11 is 0. The highest BCUT2D eigenvalue weighted by Crippen LogP contribution is 2.36. The van der Waals surface area contributed by atoms with Crippen molar-refractivity contribution >= 4 is 39.9 Å². The average molecular weight is 477 g/mol. The number of pyridine rings is 1. The van der Waals surface area contributed by atoms with E-state index in [1.807, 2.05) is 36.4 Å². The molecule has 1 N–H and O–H groups in total. The van der Waals surface area contributed by atoms with Crippen molar-refractivity contribution in [3.63, 3.8) is 0 Å². The van der Waals surface area contributed by atoms with Gasteiger partial charge in [0.15, 0.2) is 5.75 Å². The quantitative estimate of drug-likeness (QED) is 0.333. The van der Waals surface area contributed by atoms with Gasteiger partial charge in [0.25, 0.3) is 11.8 Å². The number of amides is 3. The third kappa shape index (κ3) is 3.56. The highest BCUT2D eigenvalue weighted by atomic mass is 17.2. The number of benzene rings is 3. The number of nitrogens with zero attached hydrogens (tertiary/aromatic N) is 2. The van der Waals surface area contributed by atoms with E-state index in [1.54, 1.807) is 48.7 Å². The van der Waals surface area contributed by atoms with Gasteiger partial charge in [0.2, 0.25) is 5.91 Å². The number of nitrogens with one attached hydrogen (secondary N) is 1. The molecule has 1 atom stereocenters. The smallest absolute Gasteiger partial charge is 0.262 e. The fraction of sp³-hybridized carbons (Fsp3) is 0.0714. The molecular weight excluding hydrogens is 458 g/mol. The Kier molecular flexibility index (Phi) is 5.19. The summed E-state index contributed by atoms with van der Waals surface area (Å²) in [4.78, 5) is 56.3. The molecule has 2 aliphatic rings. The van der Waals surface area contributed by atoms with Crippen LogP contribution in [0.3, 0.4) is 0 Å². The second-order valence-electron chi connectivity index (χ2n) is 8.43. The van der Waals surface area contributed by atoms with E-state index in [0.717, 1.165) is 10.3 Å². The fourth-order valence-corrected chi connectivity index (χ4v) is 4.58. The number of anilines is 1. The highest BCUT2D eigenvalue weighted by molar-refractivity contribution is 6.23. The summed E-state index contributed by atoms with van der Waals surface area (Å²) in [7, 11) is 0. The molecule has 0 bridgehead atoms. The maximum absolute atomic E-state index is 13.8. The van der Waals surface area contributed by atoms with Gasteiger partial charge < -0.3 is 5.32 Å². The van der Waals surface area contributed by atoms with Gasteiger partial charge in [0, 0.05) is 29.1 Å². The largest absolute Gasteiger partial charge is 0.322 e. The van der Waals surface area contributed by atoms with Crippen molar-refractivity contribution in [1.82, 2.24) is 9.88 Å². The van der Waals surface area contributed by atoms with Crippen LogP contribution in [0, 0.1) is 0 Å². The van der Waals surface area contributed by atoms with E-state index in [9.17, 15) is 14.4 Å². The minimum atomic E-state index is -1.16. The Morgan fingerprint density at radius 1 is 0.861 bits per heavy atom. The lowest BCUT2D eigenvalue weighted by Crippen LogP contribution is -2.47. The van der Waals surface area contributed by atoms with Crippen molar-refractivity contribution in [2.45, 2.75) is 12.5 Å². The topological polar surface area (TPSA) is 97.8 Å². The molecule has 3 amide bonds. The molecular formula is C28H19N3O5. The molecule has 0 spiro atoms. The minimum absolute atomic E-state index is 0.0237. The lowest BCUT2D eigenvalue weighted by molar-refractivity contribution is -0.152. The van der Waals surface area contributed by atoms with Crippen LogP contribution in [0.5, 0.6) is 5.75 Å². The Balaban J connectivity index is 1.40. The molecule has 8 heteroatoms. The first-order chi connectivity index (χ1) is 17.6. The van der Waals surface area contributed by atoms with Crippen LogP contribution >= 0.6 is 0 Å². The molecule has 3 heterocycles. The molecule has 4 aromatic rings. The maximum Gasteiger partial charge on any atom is 0.262 e. The monoisotopic (exact) mass is 477 g/mol. The van der Waals surface area contributed by atoms with Crippen molar-refractivity contribution in [1.29, 1.82) is 0 Å². The van der Waals surface area contributed by atoms with Crippen LogP contribution in [-0.2, 0) is 9.68 Å². The van der Waals surface area contributed by atoms with Crippen molar-refractivity contribution in [3.05, 3.63) is 108 Å². The van der Waals surface area contributed by atoms with Crippen LogP contribution in [0.25, 0.3) is 16.5 Å². The van der Waals surface area contributed by atoms with Gasteiger partial charge in [-0.3, -0.25) is 34.0 Å². The Hall–Kier alpha value is -4.98. The van der Waals surface area contributed by atoms with E-state index in [0.29, 0.717) is 28.1 Å². The third-order valence-electron chi connectivity index (χ3n) is 6.30. The Morgan fingerprint density at radius 2 is 1.56 bits per heavy atom. The predicted molar refractivity (Wildman–Crippen MR) is 132 cm³/mol. The number of carbonyl (C=O) groups is 3. The number of rotatable bonds is 5. The first-order valence-corrected chi connectivity index (χ1v) is 11.3. The van der Waals surface area contributed by atoms with Gasteiger partial charge in [-0.2, -0.15) is 0 Å². The first kappa shape index (κ1) is 21.5. The van der Waals surface area contributed by atoms with Gasteiger partial charge in [-0.15, -0.1) is 0 Å². The number of carbonyl (C=O) groups excluding carboxylic acids is 3. The second kappa shape index (κ2) is 8.66. The molecule has 8 nitrogen and oxygen atoms in total. The number of para-hydroxylation sites is 2. The van der Waals surface area contributed by atoms with E-state index >= 15 is 0 Å². The molecule has 0 saturated carbocycles. The molecule has 1 aromatic heterocycles. The normalized spacial score (nSPS) is 14.9. The zero-order valence-corrected chi connectivity index (χ0v) is 18.9. The Bertz CT molecular complexity index is 1540. The van der Waals surface area contributed by atoms with Crippen molar-refractivity contribution < 1.29 is 24.2 Å². The third-order valence-corrected chi connectivity index (χ3v) is 6.30. The number of fused-ring (bicyclic) bond motifs is 3. The molecule has 0 radical (unpaired) electrons. The Morgan fingerprint density at radius 3 is 2.33 bits per heavy atom. The summed E-state index contributed by atoms with van der Waals surface area (Å²) in [6, 6.07) is 21.7. The number of aromatic nitrogens is 1. The van der Waals surface area contributed by atoms with Crippen LogP contribution < -0.4 is 10.2 Å². The van der Waals surface area contributed by atoms with Gasteiger partial charge in [0.1, 0.15) is 12.3 Å². The molecule has 176 valence electrons. The summed E-state index contributed by atoms with van der Waals surface area (Å²) < 4.78 is 0. The second-order valence-corrected chi connectivity index (χ2v) is 8.43. The molecule has 0 saturated heterocycles. The van der Waals surface area contributed by atoms with E-state index in [2.05, 4.69) is 10.3 Å². The number of hydrogen-bond acceptors (Lipinski definition) is 6. The van der Waals surface area contributed by atoms with E-state index in [-0.39, 0.29) is 17.5 Å². The maximum atomic E-state index is 13.8. The standard InChI is InChI=1S/C28H19N3O5/c32-26(30-22-12-5-7-17-8-6-14-29-25(17)22)23(15-18-16-35-36-24-13-4-3-9-19(18)24)31-27(33)20-10-1-2-11-21(20)28(31)34/h1-14,16,23H,15H2,(H,30,32)/t23-/m0/s1. The molecule has 3 aromatic carbocycles. The van der Waals surface area contributed by atoms with Gasteiger partial charge in [-0.05, 0) is 30.3 Å². The summed E-state index contributed by atoms with van der Waals surface area (Å²) in [6.45, 7) is 0. The summed E-state index contributed by atoms with van der Waals surface area (Å²) in [6.07, 6.45) is 3.05. The number of imide groups is 1. The summed E-state index contributed by atoms with van der Waals surface area (Å²) in [5.41, 5.74) is 2.95. The van der Waals surface area contributed by atoms with Gasteiger partial charge in [-0.1, -0.05) is 48.5 Å². The van der Waals surface area contributed by atoms with Crippen LogP contribution in [-0.4, -0.2) is 33.6 Å². The van der Waals surface area contributed by atoms with E-state index < -0.39 is 23.8 Å². The van der Waals surface area contributed by atoms with Gasteiger partial charge >= 0.3 is 0 Å². The minimum Gasteiger partial charge on any atom is -0.322 e. The van der Waals surface area contributed by atoms with Crippen molar-refractivity contribution in [2.75, 3.05) is 5.32 Å². The summed E-state index contributed by atoms with van der Waals surface area (Å²) in [5, 5.41) is 3.75.